The van der Waals surface area contributed by atoms with E-state index in [4.69, 9.17) is 4.74 Å². The van der Waals surface area contributed by atoms with Crippen molar-refractivity contribution in [1.29, 1.82) is 0 Å². The monoisotopic (exact) mass is 647 g/mol. The van der Waals surface area contributed by atoms with Crippen LogP contribution < -0.4 is 10.2 Å². The normalized spacial score (nSPS) is 18.4. The van der Waals surface area contributed by atoms with Gasteiger partial charge in [0.15, 0.2) is 0 Å². The van der Waals surface area contributed by atoms with Crippen LogP contribution >= 0.6 is 0 Å². The highest BCUT2D eigenvalue weighted by Crippen LogP contribution is 2.37. The van der Waals surface area contributed by atoms with Crippen LogP contribution in [0.2, 0.25) is 0 Å². The average Bonchev–Trinajstić information content (AvgIpc) is 3.09. The first-order valence-electron chi connectivity index (χ1n) is 16.8. The summed E-state index contributed by atoms with van der Waals surface area (Å²) in [5.41, 5.74) is 2.98. The van der Waals surface area contributed by atoms with Crippen molar-refractivity contribution in [2.75, 3.05) is 31.2 Å². The zero-order valence-electron chi connectivity index (χ0n) is 28.0. The lowest BCUT2D eigenvalue weighted by Crippen LogP contribution is -2.64. The number of rotatable bonds is 9. The van der Waals surface area contributed by atoms with E-state index in [1.807, 2.05) is 83.1 Å². The molecule has 4 aromatic carbocycles. The third-order valence-corrected chi connectivity index (χ3v) is 10.0. The lowest BCUT2D eigenvalue weighted by Gasteiger charge is -2.46. The molecule has 4 amide bonds. The molecular weight excluding hydrogens is 606 g/mol. The number of hydrogen-bond acceptors (Lipinski definition) is 8. The Labute approximate surface area is 280 Å². The molecule has 0 bridgehead atoms. The van der Waals surface area contributed by atoms with Gasteiger partial charge in [-0.05, 0) is 69.8 Å². The van der Waals surface area contributed by atoms with Gasteiger partial charge in [-0.3, -0.25) is 39.2 Å². The van der Waals surface area contributed by atoms with Crippen molar-refractivity contribution in [3.05, 3.63) is 89.0 Å². The topological polar surface area (TPSA) is 102 Å². The summed E-state index contributed by atoms with van der Waals surface area (Å²) in [7, 11) is 0. The Morgan fingerprint density at radius 1 is 0.708 bits per heavy atom. The Balaban J connectivity index is 1.17. The maximum Gasteiger partial charge on any atom is 0.262 e. The Morgan fingerprint density at radius 3 is 1.83 bits per heavy atom. The summed E-state index contributed by atoms with van der Waals surface area (Å²) < 4.78 is 5.54. The number of nitrogens with one attached hydrogen (secondary N) is 1. The smallest absolute Gasteiger partial charge is 0.262 e. The molecule has 1 fully saturated rings. The van der Waals surface area contributed by atoms with Gasteiger partial charge in [0.1, 0.15) is 0 Å². The Bertz CT molecular complexity index is 1900. The fraction of sp³-hybridized carbons (Fsp3) is 0.368. The molecule has 4 aromatic rings. The van der Waals surface area contributed by atoms with E-state index in [9.17, 15) is 19.2 Å². The maximum atomic E-state index is 14.1. The third kappa shape index (κ3) is 4.98. The molecule has 10 nitrogen and oxygen atoms in total. The highest BCUT2D eigenvalue weighted by Gasteiger charge is 2.42. The van der Waals surface area contributed by atoms with E-state index in [0.29, 0.717) is 52.7 Å². The lowest BCUT2D eigenvalue weighted by molar-refractivity contribution is -0.00987. The van der Waals surface area contributed by atoms with Crippen molar-refractivity contribution in [1.82, 2.24) is 20.0 Å². The van der Waals surface area contributed by atoms with Crippen LogP contribution in [0.3, 0.4) is 0 Å². The molecule has 10 heteroatoms. The van der Waals surface area contributed by atoms with Gasteiger partial charge in [0, 0.05) is 63.2 Å². The van der Waals surface area contributed by atoms with Crippen molar-refractivity contribution in [3.63, 3.8) is 0 Å². The van der Waals surface area contributed by atoms with E-state index >= 15 is 0 Å². The van der Waals surface area contributed by atoms with Crippen LogP contribution in [-0.4, -0.2) is 89.2 Å². The van der Waals surface area contributed by atoms with E-state index in [1.165, 1.54) is 9.80 Å². The number of carbonyl (C=O) groups excluding carboxylic acids is 4. The van der Waals surface area contributed by atoms with Gasteiger partial charge in [0.25, 0.3) is 23.6 Å². The third-order valence-electron chi connectivity index (χ3n) is 10.0. The number of imide groups is 2. The quantitative estimate of drug-likeness (QED) is 0.189. The van der Waals surface area contributed by atoms with Gasteiger partial charge < -0.3 is 9.64 Å². The van der Waals surface area contributed by atoms with Gasteiger partial charge in [-0.1, -0.05) is 43.3 Å². The molecule has 3 atom stereocenters. The molecule has 0 spiro atoms. The minimum absolute atomic E-state index is 0.0981. The lowest BCUT2D eigenvalue weighted by atomic mass is 9.92. The molecule has 3 heterocycles. The maximum absolute atomic E-state index is 14.1. The van der Waals surface area contributed by atoms with Gasteiger partial charge in [0.05, 0.1) is 31.7 Å². The minimum atomic E-state index is -0.687. The molecule has 7 rings (SSSR count). The standard InChI is InChI=1S/C38H41N5O5/c1-6-32(41(22(2)3)24(5)43-37(46)27-13-7-10-25-11-8-14-28(33(25)27)38(43)47)39-23(4)42-35(44)29-15-9-12-26-31(40-18-20-48-21-19-40)17-16-30(34(26)29)36(42)45/h7-17,22-24,32,39H,6,18-21H2,1-5H3. The largest absolute Gasteiger partial charge is 0.378 e. The van der Waals surface area contributed by atoms with E-state index < -0.39 is 12.3 Å². The van der Waals surface area contributed by atoms with Crippen LogP contribution in [0.15, 0.2) is 66.7 Å². The van der Waals surface area contributed by atoms with Crippen LogP contribution in [-0.2, 0) is 4.74 Å². The molecule has 3 aliphatic heterocycles. The number of anilines is 1. The summed E-state index contributed by atoms with van der Waals surface area (Å²) in [5, 5.41) is 6.63. The Kier molecular flexibility index (Phi) is 8.27. The zero-order chi connectivity index (χ0) is 33.9. The molecule has 1 N–H and O–H groups in total. The highest BCUT2D eigenvalue weighted by molar-refractivity contribution is 6.27. The van der Waals surface area contributed by atoms with Crippen molar-refractivity contribution in [2.24, 2.45) is 0 Å². The first kappa shape index (κ1) is 31.9. The number of benzene rings is 4. The second kappa shape index (κ2) is 12.4. The average molecular weight is 648 g/mol. The van der Waals surface area contributed by atoms with Crippen molar-refractivity contribution >= 4 is 50.9 Å². The number of carbonyl (C=O) groups is 4. The molecule has 1 saturated heterocycles. The van der Waals surface area contributed by atoms with Crippen molar-refractivity contribution < 1.29 is 23.9 Å². The molecule has 3 aliphatic rings. The SMILES string of the molecule is CCC(NC(C)N1C(=O)c2cccc3c(N4CCOCC4)ccc(c23)C1=O)N(C(C)C)C(C)N1C(=O)c2cccc3cccc(c23)C1=O. The number of hydrogen-bond donors (Lipinski definition) is 1. The summed E-state index contributed by atoms with van der Waals surface area (Å²) in [5.74, 6) is -1.40. The molecule has 248 valence electrons. The van der Waals surface area contributed by atoms with Crippen LogP contribution in [0.25, 0.3) is 21.5 Å². The summed E-state index contributed by atoms with van der Waals surface area (Å²) in [6.45, 7) is 12.4. The van der Waals surface area contributed by atoms with Gasteiger partial charge in [0.2, 0.25) is 0 Å². The first-order chi connectivity index (χ1) is 23.1. The molecule has 0 radical (unpaired) electrons. The van der Waals surface area contributed by atoms with Crippen molar-refractivity contribution in [3.8, 4) is 0 Å². The molecule has 0 saturated carbocycles. The number of nitrogens with zero attached hydrogens (tertiary/aromatic N) is 4. The fourth-order valence-corrected chi connectivity index (χ4v) is 7.87. The summed E-state index contributed by atoms with van der Waals surface area (Å²) >= 11 is 0. The van der Waals surface area contributed by atoms with Crippen LogP contribution in [0, 0.1) is 0 Å². The number of amides is 4. The Hall–Kier alpha value is -4.64. The van der Waals surface area contributed by atoms with Gasteiger partial charge >= 0.3 is 0 Å². The second-order valence-electron chi connectivity index (χ2n) is 13.1. The van der Waals surface area contributed by atoms with Gasteiger partial charge in [-0.2, -0.15) is 0 Å². The molecular formula is C38H41N5O5. The number of morpholine rings is 1. The summed E-state index contributed by atoms with van der Waals surface area (Å²) in [6, 6.07) is 20.4. The van der Waals surface area contributed by atoms with Crippen LogP contribution in [0.4, 0.5) is 5.69 Å². The van der Waals surface area contributed by atoms with Crippen molar-refractivity contribution in [2.45, 2.75) is 65.6 Å². The van der Waals surface area contributed by atoms with Gasteiger partial charge in [-0.15, -0.1) is 0 Å². The minimum Gasteiger partial charge on any atom is -0.378 e. The molecule has 0 aromatic heterocycles. The van der Waals surface area contributed by atoms with Crippen LogP contribution in [0.5, 0.6) is 0 Å². The second-order valence-corrected chi connectivity index (χ2v) is 13.1. The van der Waals surface area contributed by atoms with E-state index in [-0.39, 0.29) is 35.8 Å². The van der Waals surface area contributed by atoms with E-state index in [0.717, 1.165) is 29.5 Å². The summed E-state index contributed by atoms with van der Waals surface area (Å²) in [4.78, 5) is 63.0. The van der Waals surface area contributed by atoms with Gasteiger partial charge in [-0.25, -0.2) is 0 Å². The molecule has 0 aliphatic carbocycles. The predicted molar refractivity (Wildman–Crippen MR) is 185 cm³/mol. The fourth-order valence-electron chi connectivity index (χ4n) is 7.87. The Morgan fingerprint density at radius 2 is 1.25 bits per heavy atom. The highest BCUT2D eigenvalue weighted by atomic mass is 16.5. The van der Waals surface area contributed by atoms with Crippen LogP contribution in [0.1, 0.15) is 82.5 Å². The predicted octanol–water partition coefficient (Wildman–Crippen LogP) is 5.45. The summed E-state index contributed by atoms with van der Waals surface area (Å²) in [6.07, 6.45) is -1.11. The molecule has 48 heavy (non-hydrogen) atoms. The number of ether oxygens (including phenoxy) is 1. The van der Waals surface area contributed by atoms with E-state index in [2.05, 4.69) is 15.1 Å². The first-order valence-corrected chi connectivity index (χ1v) is 16.8. The molecule has 3 unspecified atom stereocenters. The zero-order valence-corrected chi connectivity index (χ0v) is 28.0. The van der Waals surface area contributed by atoms with E-state index in [1.54, 1.807) is 18.2 Å².